The lowest BCUT2D eigenvalue weighted by Gasteiger charge is -2.40. The van der Waals surface area contributed by atoms with Gasteiger partial charge in [0.15, 0.2) is 11.5 Å². The van der Waals surface area contributed by atoms with E-state index in [-0.39, 0.29) is 12.7 Å². The number of ether oxygens (including phenoxy) is 3. The number of para-hydroxylation sites is 1. The molecule has 3 aromatic rings. The summed E-state index contributed by atoms with van der Waals surface area (Å²) in [5.41, 5.74) is 3.61. The normalized spacial score (nSPS) is 19.4. The zero-order chi connectivity index (χ0) is 20.8. The van der Waals surface area contributed by atoms with Crippen LogP contribution in [0.2, 0.25) is 0 Å². The fourth-order valence-electron chi connectivity index (χ4n) is 4.41. The number of rotatable bonds is 3. The number of hydrogen-bond acceptors (Lipinski definition) is 5. The van der Waals surface area contributed by atoms with E-state index in [9.17, 15) is 9.59 Å². The summed E-state index contributed by atoms with van der Waals surface area (Å²) < 4.78 is 16.0. The molecule has 7 heteroatoms. The number of nitrogens with one attached hydrogen (secondary N) is 1. The van der Waals surface area contributed by atoms with Crippen molar-refractivity contribution in [2.75, 3.05) is 13.9 Å². The summed E-state index contributed by atoms with van der Waals surface area (Å²) in [6.07, 6.45) is 1.58. The molecule has 2 aromatic carbocycles. The average molecular weight is 404 g/mol. The highest BCUT2D eigenvalue weighted by atomic mass is 16.7. The number of H-pyrrole nitrogens is 1. The largest absolute Gasteiger partial charge is 0.467 e. The fraction of sp³-hybridized carbons (Fsp3) is 0.217. The van der Waals surface area contributed by atoms with Crippen LogP contribution in [0.15, 0.2) is 55.1 Å². The first-order valence-corrected chi connectivity index (χ1v) is 9.64. The second-order valence-electron chi connectivity index (χ2n) is 7.27. The zero-order valence-electron chi connectivity index (χ0n) is 16.4. The van der Waals surface area contributed by atoms with E-state index in [2.05, 4.69) is 11.6 Å². The highest BCUT2D eigenvalue weighted by Crippen LogP contribution is 2.44. The molecule has 0 bridgehead atoms. The molecule has 1 aromatic heterocycles. The van der Waals surface area contributed by atoms with Crippen LogP contribution in [0, 0.1) is 0 Å². The van der Waals surface area contributed by atoms with E-state index in [1.54, 1.807) is 0 Å². The van der Waals surface area contributed by atoms with E-state index in [1.165, 1.54) is 18.1 Å². The van der Waals surface area contributed by atoms with Gasteiger partial charge in [0, 0.05) is 23.0 Å². The van der Waals surface area contributed by atoms with Crippen LogP contribution in [0.5, 0.6) is 11.5 Å². The molecule has 0 spiro atoms. The first kappa shape index (κ1) is 18.3. The van der Waals surface area contributed by atoms with Crippen molar-refractivity contribution in [3.8, 4) is 11.5 Å². The minimum atomic E-state index is -0.775. The summed E-state index contributed by atoms with van der Waals surface area (Å²) in [6.45, 7) is 3.80. The van der Waals surface area contributed by atoms with Gasteiger partial charge in [-0.2, -0.15) is 0 Å². The monoisotopic (exact) mass is 404 g/mol. The van der Waals surface area contributed by atoms with Crippen LogP contribution in [0.1, 0.15) is 22.9 Å². The molecule has 0 saturated heterocycles. The number of esters is 1. The van der Waals surface area contributed by atoms with Gasteiger partial charge >= 0.3 is 5.97 Å². The molecule has 30 heavy (non-hydrogen) atoms. The van der Waals surface area contributed by atoms with Crippen molar-refractivity contribution in [2.45, 2.75) is 18.5 Å². The van der Waals surface area contributed by atoms with Crippen LogP contribution in [0.4, 0.5) is 0 Å². The van der Waals surface area contributed by atoms with Crippen molar-refractivity contribution in [3.05, 3.63) is 71.9 Å². The Labute approximate surface area is 172 Å². The van der Waals surface area contributed by atoms with Gasteiger partial charge in [0.2, 0.25) is 12.7 Å². The molecule has 1 amide bonds. The third-order valence-corrected chi connectivity index (χ3v) is 5.75. The van der Waals surface area contributed by atoms with Gasteiger partial charge in [-0.05, 0) is 35.4 Å². The molecule has 7 nitrogen and oxygen atoms in total. The topological polar surface area (TPSA) is 80.9 Å². The Morgan fingerprint density at radius 3 is 2.80 bits per heavy atom. The minimum Gasteiger partial charge on any atom is -0.467 e. The van der Waals surface area contributed by atoms with E-state index in [0.29, 0.717) is 17.9 Å². The Morgan fingerprint density at radius 2 is 2.00 bits per heavy atom. The third-order valence-electron chi connectivity index (χ3n) is 5.75. The minimum absolute atomic E-state index is 0.154. The maximum absolute atomic E-state index is 13.0. The number of methoxy groups -OCH3 is 1. The zero-order valence-corrected chi connectivity index (χ0v) is 16.4. The summed E-state index contributed by atoms with van der Waals surface area (Å²) in [5, 5.41) is 1.03. The quantitative estimate of drug-likeness (QED) is 0.536. The molecule has 2 aliphatic heterocycles. The smallest absolute Gasteiger partial charge is 0.328 e. The summed E-state index contributed by atoms with van der Waals surface area (Å²) in [7, 11) is 1.33. The van der Waals surface area contributed by atoms with Crippen LogP contribution in [-0.2, 0) is 20.7 Å². The van der Waals surface area contributed by atoms with Gasteiger partial charge in [0.05, 0.1) is 13.2 Å². The van der Waals surface area contributed by atoms with Gasteiger partial charge in [-0.1, -0.05) is 30.8 Å². The van der Waals surface area contributed by atoms with E-state index in [0.717, 1.165) is 27.7 Å². The number of amides is 1. The fourth-order valence-corrected chi connectivity index (χ4v) is 4.41. The molecule has 0 radical (unpaired) electrons. The van der Waals surface area contributed by atoms with Crippen molar-refractivity contribution in [1.29, 1.82) is 0 Å². The average Bonchev–Trinajstić information content (AvgIpc) is 3.40. The molecule has 0 aliphatic carbocycles. The van der Waals surface area contributed by atoms with E-state index in [1.807, 2.05) is 42.5 Å². The molecular weight excluding hydrogens is 384 g/mol. The molecular formula is C23H20N2O5. The Bertz CT molecular complexity index is 1180. The van der Waals surface area contributed by atoms with Crippen molar-refractivity contribution >= 4 is 22.8 Å². The highest BCUT2D eigenvalue weighted by molar-refractivity contribution is 5.94. The van der Waals surface area contributed by atoms with Gasteiger partial charge in [-0.3, -0.25) is 4.79 Å². The first-order valence-electron chi connectivity index (χ1n) is 9.64. The van der Waals surface area contributed by atoms with Crippen LogP contribution < -0.4 is 9.47 Å². The summed E-state index contributed by atoms with van der Waals surface area (Å²) in [5.74, 6) is 0.443. The van der Waals surface area contributed by atoms with Gasteiger partial charge in [-0.15, -0.1) is 0 Å². The standard InChI is InChI=1S/C23H20N2O5/c1-3-20(26)25-17(23(27)28-2)11-15-14-6-4-5-7-16(14)24-21(15)22(25)13-8-9-18-19(10-13)30-12-29-18/h3-10,17,22,24H,1,11-12H2,2H3/t17-,22-/m0/s1. The number of benzene rings is 2. The van der Waals surface area contributed by atoms with Gasteiger partial charge in [-0.25, -0.2) is 4.79 Å². The number of carbonyl (C=O) groups is 2. The lowest BCUT2D eigenvalue weighted by Crippen LogP contribution is -2.51. The Morgan fingerprint density at radius 1 is 1.20 bits per heavy atom. The van der Waals surface area contributed by atoms with Gasteiger partial charge in [0.1, 0.15) is 6.04 Å². The summed E-state index contributed by atoms with van der Waals surface area (Å²) in [6, 6.07) is 12.1. The van der Waals surface area contributed by atoms with Crippen LogP contribution in [0.25, 0.3) is 10.9 Å². The summed E-state index contributed by atoms with van der Waals surface area (Å²) in [4.78, 5) is 30.7. The number of carbonyl (C=O) groups excluding carboxylic acids is 2. The highest BCUT2D eigenvalue weighted by Gasteiger charge is 2.43. The molecule has 5 rings (SSSR count). The van der Waals surface area contributed by atoms with E-state index >= 15 is 0 Å². The van der Waals surface area contributed by atoms with Crippen molar-refractivity contribution in [2.24, 2.45) is 0 Å². The van der Waals surface area contributed by atoms with Crippen LogP contribution in [-0.4, -0.2) is 41.7 Å². The predicted molar refractivity (Wildman–Crippen MR) is 109 cm³/mol. The number of aromatic nitrogens is 1. The molecule has 3 heterocycles. The molecule has 2 atom stereocenters. The molecule has 0 saturated carbocycles. The summed E-state index contributed by atoms with van der Waals surface area (Å²) >= 11 is 0. The second-order valence-corrected chi connectivity index (χ2v) is 7.27. The molecule has 152 valence electrons. The molecule has 2 aliphatic rings. The lowest BCUT2D eigenvalue weighted by molar-refractivity contribution is -0.153. The Hall–Kier alpha value is -3.74. The molecule has 0 fully saturated rings. The van der Waals surface area contributed by atoms with E-state index in [4.69, 9.17) is 14.2 Å². The van der Waals surface area contributed by atoms with Crippen molar-refractivity contribution < 1.29 is 23.8 Å². The maximum atomic E-state index is 13.0. The lowest BCUT2D eigenvalue weighted by atomic mass is 9.87. The van der Waals surface area contributed by atoms with Crippen LogP contribution >= 0.6 is 0 Å². The van der Waals surface area contributed by atoms with Gasteiger partial charge in [0.25, 0.3) is 0 Å². The Balaban J connectivity index is 1.76. The molecule has 0 unspecified atom stereocenters. The third kappa shape index (κ3) is 2.66. The maximum Gasteiger partial charge on any atom is 0.328 e. The first-order chi connectivity index (χ1) is 14.6. The van der Waals surface area contributed by atoms with Crippen LogP contribution in [0.3, 0.4) is 0 Å². The number of hydrogen-bond donors (Lipinski definition) is 1. The predicted octanol–water partition coefficient (Wildman–Crippen LogP) is 3.10. The van der Waals surface area contributed by atoms with Crippen molar-refractivity contribution in [1.82, 2.24) is 9.88 Å². The number of aromatic amines is 1. The Kier molecular flexibility index (Phi) is 4.24. The second kappa shape index (κ2) is 6.95. The molecule has 1 N–H and O–H groups in total. The van der Waals surface area contributed by atoms with E-state index < -0.39 is 18.1 Å². The number of fused-ring (bicyclic) bond motifs is 4. The SMILES string of the molecule is C=CC(=O)N1[C@@H](c2ccc3c(c2)OCO3)c2[nH]c3ccccc3c2C[C@H]1C(=O)OC. The van der Waals surface area contributed by atoms with Gasteiger partial charge < -0.3 is 24.1 Å². The number of nitrogens with zero attached hydrogens (tertiary/aromatic N) is 1. The van der Waals surface area contributed by atoms with Crippen molar-refractivity contribution in [3.63, 3.8) is 0 Å².